The van der Waals surface area contributed by atoms with Gasteiger partial charge >= 0.3 is 0 Å². The molecule has 150 valence electrons. The molecule has 0 bridgehead atoms. The molecule has 0 aliphatic carbocycles. The van der Waals surface area contributed by atoms with E-state index < -0.39 is 0 Å². The van der Waals surface area contributed by atoms with Gasteiger partial charge in [-0.1, -0.05) is 29.8 Å². The van der Waals surface area contributed by atoms with Gasteiger partial charge in [0.15, 0.2) is 0 Å². The fraction of sp³-hybridized carbons (Fsp3) is 0.545. The van der Waals surface area contributed by atoms with E-state index in [-0.39, 0.29) is 17.6 Å². The Balaban J connectivity index is 1.23. The molecule has 0 radical (unpaired) electrons. The highest BCUT2D eigenvalue weighted by atomic mass is 16.5. The van der Waals surface area contributed by atoms with Crippen LogP contribution in [0.2, 0.25) is 0 Å². The van der Waals surface area contributed by atoms with Crippen molar-refractivity contribution in [1.82, 2.24) is 20.0 Å². The maximum atomic E-state index is 12.2. The molecular formula is C22H30N4O2. The van der Waals surface area contributed by atoms with Crippen molar-refractivity contribution in [2.75, 3.05) is 19.6 Å². The first kappa shape index (κ1) is 19.2. The zero-order chi connectivity index (χ0) is 19.6. The molecule has 1 amide bonds. The van der Waals surface area contributed by atoms with Crippen LogP contribution in [0, 0.1) is 6.92 Å². The third kappa shape index (κ3) is 4.45. The van der Waals surface area contributed by atoms with Gasteiger partial charge in [-0.2, -0.15) is 5.10 Å². The van der Waals surface area contributed by atoms with Crippen LogP contribution in [0.25, 0.3) is 0 Å². The van der Waals surface area contributed by atoms with Gasteiger partial charge in [-0.15, -0.1) is 0 Å². The Morgan fingerprint density at radius 1 is 1.21 bits per heavy atom. The maximum absolute atomic E-state index is 12.2. The SMILES string of the molecule is Cc1ccc(CN2CCC3(CC[C@H](CNC(=O)c4ccn(C)n4)O3)CC2)cc1. The highest BCUT2D eigenvalue weighted by molar-refractivity contribution is 5.92. The van der Waals surface area contributed by atoms with Crippen molar-refractivity contribution in [3.05, 3.63) is 53.3 Å². The molecule has 1 atom stereocenters. The molecule has 6 nitrogen and oxygen atoms in total. The Kier molecular flexibility index (Phi) is 5.51. The third-order valence-corrected chi connectivity index (χ3v) is 6.07. The van der Waals surface area contributed by atoms with Gasteiger partial charge in [-0.05, 0) is 44.2 Å². The number of rotatable bonds is 5. The summed E-state index contributed by atoms with van der Waals surface area (Å²) in [4.78, 5) is 14.7. The molecule has 28 heavy (non-hydrogen) atoms. The number of nitrogens with one attached hydrogen (secondary N) is 1. The zero-order valence-corrected chi connectivity index (χ0v) is 16.9. The van der Waals surface area contributed by atoms with E-state index in [1.54, 1.807) is 16.9 Å². The highest BCUT2D eigenvalue weighted by Gasteiger charge is 2.42. The number of ether oxygens (including phenoxy) is 1. The second-order valence-electron chi connectivity index (χ2n) is 8.31. The van der Waals surface area contributed by atoms with Crippen LogP contribution >= 0.6 is 0 Å². The molecule has 2 aliphatic heterocycles. The molecule has 1 N–H and O–H groups in total. The minimum atomic E-state index is -0.127. The number of nitrogens with zero attached hydrogens (tertiary/aromatic N) is 3. The first-order chi connectivity index (χ1) is 13.5. The molecule has 2 fully saturated rings. The van der Waals surface area contributed by atoms with Crippen LogP contribution in [-0.4, -0.2) is 51.9 Å². The van der Waals surface area contributed by atoms with Crippen molar-refractivity contribution in [2.24, 2.45) is 7.05 Å². The summed E-state index contributed by atoms with van der Waals surface area (Å²) in [6, 6.07) is 10.6. The summed E-state index contributed by atoms with van der Waals surface area (Å²) >= 11 is 0. The van der Waals surface area contributed by atoms with E-state index in [2.05, 4.69) is 46.5 Å². The minimum absolute atomic E-state index is 0.00413. The first-order valence-corrected chi connectivity index (χ1v) is 10.2. The summed E-state index contributed by atoms with van der Waals surface area (Å²) in [5.74, 6) is -0.127. The Bertz CT molecular complexity index is 806. The van der Waals surface area contributed by atoms with Crippen LogP contribution in [0.1, 0.15) is 47.3 Å². The van der Waals surface area contributed by atoms with E-state index in [0.29, 0.717) is 12.2 Å². The molecule has 2 aliphatic rings. The van der Waals surface area contributed by atoms with Gasteiger partial charge in [-0.3, -0.25) is 14.4 Å². The molecule has 2 saturated heterocycles. The van der Waals surface area contributed by atoms with E-state index in [9.17, 15) is 4.79 Å². The predicted molar refractivity (Wildman–Crippen MR) is 108 cm³/mol. The van der Waals surface area contributed by atoms with Gasteiger partial charge in [0.2, 0.25) is 0 Å². The molecule has 0 unspecified atom stereocenters. The minimum Gasteiger partial charge on any atom is -0.370 e. The summed E-state index contributed by atoms with van der Waals surface area (Å²) in [5, 5.41) is 7.12. The quantitative estimate of drug-likeness (QED) is 0.864. The number of hydrogen-bond acceptors (Lipinski definition) is 4. The number of carbonyl (C=O) groups excluding carboxylic acids is 1. The lowest BCUT2D eigenvalue weighted by Gasteiger charge is -2.39. The van der Waals surface area contributed by atoms with Crippen molar-refractivity contribution in [3.8, 4) is 0 Å². The number of aromatic nitrogens is 2. The van der Waals surface area contributed by atoms with Crippen molar-refractivity contribution in [3.63, 3.8) is 0 Å². The van der Waals surface area contributed by atoms with Crippen molar-refractivity contribution < 1.29 is 9.53 Å². The number of hydrogen-bond donors (Lipinski definition) is 1. The second-order valence-corrected chi connectivity index (χ2v) is 8.31. The average Bonchev–Trinajstić information content (AvgIpc) is 3.30. The number of amides is 1. The summed E-state index contributed by atoms with van der Waals surface area (Å²) < 4.78 is 8.07. The van der Waals surface area contributed by atoms with Crippen LogP contribution in [0.4, 0.5) is 0 Å². The van der Waals surface area contributed by atoms with Crippen LogP contribution in [0.3, 0.4) is 0 Å². The average molecular weight is 383 g/mol. The fourth-order valence-electron chi connectivity index (χ4n) is 4.31. The predicted octanol–water partition coefficient (Wildman–Crippen LogP) is 2.67. The van der Waals surface area contributed by atoms with Gasteiger partial charge in [0, 0.05) is 39.4 Å². The monoisotopic (exact) mass is 382 g/mol. The van der Waals surface area contributed by atoms with Gasteiger partial charge in [0.1, 0.15) is 5.69 Å². The lowest BCUT2D eigenvalue weighted by molar-refractivity contribution is -0.0764. The van der Waals surface area contributed by atoms with Crippen LogP contribution in [0.5, 0.6) is 0 Å². The molecule has 1 aromatic heterocycles. The molecule has 1 aromatic carbocycles. The lowest BCUT2D eigenvalue weighted by atomic mass is 9.88. The number of carbonyl (C=O) groups is 1. The van der Waals surface area contributed by atoms with Gasteiger partial charge in [0.25, 0.3) is 5.91 Å². The summed E-state index contributed by atoms with van der Waals surface area (Å²) in [6.45, 7) is 5.84. The Morgan fingerprint density at radius 3 is 2.64 bits per heavy atom. The number of benzene rings is 1. The third-order valence-electron chi connectivity index (χ3n) is 6.07. The number of aryl methyl sites for hydroxylation is 2. The molecule has 6 heteroatoms. The van der Waals surface area contributed by atoms with E-state index in [1.807, 2.05) is 7.05 Å². The van der Waals surface area contributed by atoms with Gasteiger partial charge < -0.3 is 10.1 Å². The van der Waals surface area contributed by atoms with Gasteiger partial charge in [0.05, 0.1) is 11.7 Å². The largest absolute Gasteiger partial charge is 0.370 e. The lowest BCUT2D eigenvalue weighted by Crippen LogP contribution is -2.44. The molecule has 4 rings (SSSR count). The van der Waals surface area contributed by atoms with E-state index in [1.165, 1.54) is 11.1 Å². The Hall–Kier alpha value is -2.18. The number of piperidine rings is 1. The zero-order valence-electron chi connectivity index (χ0n) is 16.9. The molecule has 1 spiro atoms. The standard InChI is InChI=1S/C22H30N4O2/c1-17-3-5-18(6-4-17)16-26-13-10-22(11-14-26)9-7-19(28-22)15-23-21(27)20-8-12-25(2)24-20/h3-6,8,12,19H,7,9-11,13-16H2,1-2H3,(H,23,27)/t19-/m1/s1. The first-order valence-electron chi connectivity index (χ1n) is 10.2. The van der Waals surface area contributed by atoms with Crippen molar-refractivity contribution in [1.29, 1.82) is 0 Å². The van der Waals surface area contributed by atoms with Crippen LogP contribution < -0.4 is 5.32 Å². The van der Waals surface area contributed by atoms with Gasteiger partial charge in [-0.25, -0.2) is 0 Å². The van der Waals surface area contributed by atoms with Crippen LogP contribution in [0.15, 0.2) is 36.5 Å². The summed E-state index contributed by atoms with van der Waals surface area (Å²) in [5.41, 5.74) is 3.15. The smallest absolute Gasteiger partial charge is 0.271 e. The molecule has 0 saturated carbocycles. The Morgan fingerprint density at radius 2 is 1.96 bits per heavy atom. The van der Waals surface area contributed by atoms with Crippen molar-refractivity contribution >= 4 is 5.91 Å². The summed E-state index contributed by atoms with van der Waals surface area (Å²) in [7, 11) is 1.81. The fourth-order valence-corrected chi connectivity index (χ4v) is 4.31. The van der Waals surface area contributed by atoms with E-state index in [0.717, 1.165) is 45.3 Å². The van der Waals surface area contributed by atoms with Crippen LogP contribution in [-0.2, 0) is 18.3 Å². The summed E-state index contributed by atoms with van der Waals surface area (Å²) in [6.07, 6.45) is 6.14. The number of likely N-dealkylation sites (tertiary alicyclic amines) is 1. The van der Waals surface area contributed by atoms with E-state index >= 15 is 0 Å². The topological polar surface area (TPSA) is 59.4 Å². The Labute approximate surface area is 166 Å². The maximum Gasteiger partial charge on any atom is 0.271 e. The second kappa shape index (κ2) is 8.05. The normalized spacial score (nSPS) is 21.9. The molecular weight excluding hydrogens is 352 g/mol. The molecule has 2 aromatic rings. The molecule has 3 heterocycles. The van der Waals surface area contributed by atoms with E-state index in [4.69, 9.17) is 4.74 Å². The van der Waals surface area contributed by atoms with Crippen molar-refractivity contribution in [2.45, 2.75) is 50.9 Å². The highest BCUT2D eigenvalue weighted by Crippen LogP contribution is 2.39.